The summed E-state index contributed by atoms with van der Waals surface area (Å²) in [5, 5.41) is 3.97. The van der Waals surface area contributed by atoms with E-state index < -0.39 is 0 Å². The van der Waals surface area contributed by atoms with Crippen molar-refractivity contribution in [1.29, 1.82) is 0 Å². The maximum atomic E-state index is 13.5. The van der Waals surface area contributed by atoms with Gasteiger partial charge in [-0.25, -0.2) is 9.69 Å². The zero-order chi connectivity index (χ0) is 19.1. The van der Waals surface area contributed by atoms with Crippen LogP contribution in [-0.2, 0) is 4.79 Å². The molecular weight excluding hydrogens is 348 g/mol. The summed E-state index contributed by atoms with van der Waals surface area (Å²) in [6, 6.07) is 27.1. The van der Waals surface area contributed by atoms with Gasteiger partial charge in [0.05, 0.1) is 11.4 Å². The summed E-state index contributed by atoms with van der Waals surface area (Å²) in [6.45, 7) is 0.382. The highest BCUT2D eigenvalue weighted by Gasteiger charge is 2.35. The van der Waals surface area contributed by atoms with E-state index in [4.69, 9.17) is 0 Å². The summed E-state index contributed by atoms with van der Waals surface area (Å²) in [7, 11) is 0. The summed E-state index contributed by atoms with van der Waals surface area (Å²) < 4.78 is 0. The molecular formula is C24H18N2O2. The van der Waals surface area contributed by atoms with Crippen LogP contribution in [0.15, 0.2) is 84.9 Å². The molecule has 0 N–H and O–H groups in total. The molecule has 0 aliphatic carbocycles. The molecule has 0 atom stereocenters. The van der Waals surface area contributed by atoms with Crippen LogP contribution in [0, 0.1) is 0 Å². The molecule has 1 aliphatic rings. The first-order valence-corrected chi connectivity index (χ1v) is 9.34. The van der Waals surface area contributed by atoms with Crippen LogP contribution in [-0.4, -0.2) is 18.5 Å². The molecule has 5 rings (SSSR count). The van der Waals surface area contributed by atoms with Crippen molar-refractivity contribution in [2.75, 3.05) is 16.3 Å². The fourth-order valence-corrected chi connectivity index (χ4v) is 3.95. The number of urea groups is 1. The second-order valence-electron chi connectivity index (χ2n) is 6.91. The van der Waals surface area contributed by atoms with E-state index in [9.17, 15) is 9.59 Å². The number of carbonyl (C=O) groups excluding carboxylic acids is 2. The van der Waals surface area contributed by atoms with E-state index in [1.807, 2.05) is 84.9 Å². The Kier molecular flexibility index (Phi) is 3.83. The van der Waals surface area contributed by atoms with Gasteiger partial charge in [0.2, 0.25) is 5.91 Å². The summed E-state index contributed by atoms with van der Waals surface area (Å²) >= 11 is 0. The second-order valence-corrected chi connectivity index (χ2v) is 6.91. The summed E-state index contributed by atoms with van der Waals surface area (Å²) in [6.07, 6.45) is 0.290. The number of fused-ring (bicyclic) bond motifs is 2. The van der Waals surface area contributed by atoms with Crippen molar-refractivity contribution >= 4 is 44.9 Å². The Hall–Kier alpha value is -3.66. The average Bonchev–Trinajstić information content (AvgIpc) is 2.74. The molecule has 0 unspecified atom stereocenters. The molecule has 0 bridgehead atoms. The summed E-state index contributed by atoms with van der Waals surface area (Å²) in [4.78, 5) is 29.3. The second kappa shape index (κ2) is 6.50. The fourth-order valence-electron chi connectivity index (χ4n) is 3.95. The van der Waals surface area contributed by atoms with Crippen LogP contribution in [0.5, 0.6) is 0 Å². The number of benzene rings is 4. The number of hydrogen-bond donors (Lipinski definition) is 0. The Morgan fingerprint density at radius 3 is 1.82 bits per heavy atom. The molecule has 136 valence electrons. The molecule has 0 radical (unpaired) electrons. The van der Waals surface area contributed by atoms with Crippen LogP contribution in [0.1, 0.15) is 6.42 Å². The van der Waals surface area contributed by atoms with Crippen molar-refractivity contribution in [3.63, 3.8) is 0 Å². The molecule has 3 amide bonds. The third-order valence-corrected chi connectivity index (χ3v) is 5.29. The van der Waals surface area contributed by atoms with Crippen LogP contribution in [0.4, 0.5) is 16.2 Å². The van der Waals surface area contributed by atoms with Crippen LogP contribution in [0.3, 0.4) is 0 Å². The van der Waals surface area contributed by atoms with Gasteiger partial charge in [-0.3, -0.25) is 9.69 Å². The van der Waals surface area contributed by atoms with Crippen molar-refractivity contribution in [3.05, 3.63) is 84.9 Å². The first kappa shape index (κ1) is 16.5. The maximum Gasteiger partial charge on any atom is 0.335 e. The van der Waals surface area contributed by atoms with Crippen molar-refractivity contribution in [2.45, 2.75) is 6.42 Å². The molecule has 1 fully saturated rings. The Balaban J connectivity index is 1.64. The first-order valence-electron chi connectivity index (χ1n) is 9.34. The largest absolute Gasteiger partial charge is 0.335 e. The van der Waals surface area contributed by atoms with Gasteiger partial charge in [-0.15, -0.1) is 0 Å². The van der Waals surface area contributed by atoms with Gasteiger partial charge < -0.3 is 0 Å². The number of imide groups is 1. The zero-order valence-electron chi connectivity index (χ0n) is 15.2. The van der Waals surface area contributed by atoms with Gasteiger partial charge in [0, 0.05) is 23.7 Å². The number of nitrogens with zero attached hydrogens (tertiary/aromatic N) is 2. The highest BCUT2D eigenvalue weighted by molar-refractivity contribution is 6.25. The third-order valence-electron chi connectivity index (χ3n) is 5.29. The molecule has 4 aromatic carbocycles. The van der Waals surface area contributed by atoms with E-state index >= 15 is 0 Å². The molecule has 4 aromatic rings. The Morgan fingerprint density at radius 2 is 1.14 bits per heavy atom. The number of anilines is 2. The van der Waals surface area contributed by atoms with Crippen molar-refractivity contribution < 1.29 is 9.59 Å². The molecule has 0 saturated carbocycles. The molecule has 0 aromatic heterocycles. The zero-order valence-corrected chi connectivity index (χ0v) is 15.2. The molecule has 4 heteroatoms. The molecule has 1 aliphatic heterocycles. The Labute approximate surface area is 162 Å². The van der Waals surface area contributed by atoms with Gasteiger partial charge in [-0.1, -0.05) is 72.8 Å². The minimum atomic E-state index is -0.302. The average molecular weight is 366 g/mol. The first-order chi connectivity index (χ1) is 13.7. The number of rotatable bonds is 2. The van der Waals surface area contributed by atoms with E-state index in [1.165, 1.54) is 4.90 Å². The van der Waals surface area contributed by atoms with Crippen LogP contribution in [0.2, 0.25) is 0 Å². The Morgan fingerprint density at radius 1 is 0.607 bits per heavy atom. The van der Waals surface area contributed by atoms with Crippen molar-refractivity contribution in [3.8, 4) is 0 Å². The number of carbonyl (C=O) groups is 2. The van der Waals surface area contributed by atoms with Gasteiger partial charge >= 0.3 is 6.03 Å². The summed E-state index contributed by atoms with van der Waals surface area (Å²) in [5.41, 5.74) is 1.47. The predicted octanol–water partition coefficient (Wildman–Crippen LogP) is 5.36. The lowest BCUT2D eigenvalue weighted by Crippen LogP contribution is -2.53. The normalized spacial score (nSPS) is 14.9. The standard InChI is InChI=1S/C24H18N2O2/c27-23-15-16-25(21-13-5-9-17-7-1-3-11-19(17)21)24(28)26(23)22-14-6-10-18-8-2-4-12-20(18)22/h1-14H,15-16H2. The van der Waals surface area contributed by atoms with Crippen LogP contribution in [0.25, 0.3) is 21.5 Å². The van der Waals surface area contributed by atoms with Gasteiger partial charge in [-0.2, -0.15) is 0 Å². The molecule has 28 heavy (non-hydrogen) atoms. The quantitative estimate of drug-likeness (QED) is 0.479. The molecule has 0 spiro atoms. The smallest absolute Gasteiger partial charge is 0.293 e. The maximum absolute atomic E-state index is 13.5. The topological polar surface area (TPSA) is 40.6 Å². The Bertz CT molecular complexity index is 1220. The minimum absolute atomic E-state index is 0.169. The lowest BCUT2D eigenvalue weighted by atomic mass is 10.1. The van der Waals surface area contributed by atoms with Gasteiger partial charge in [0.1, 0.15) is 0 Å². The van der Waals surface area contributed by atoms with E-state index in [-0.39, 0.29) is 18.4 Å². The highest BCUT2D eigenvalue weighted by Crippen LogP contribution is 2.33. The van der Waals surface area contributed by atoms with E-state index in [0.717, 1.165) is 27.2 Å². The number of amides is 3. The number of hydrogen-bond acceptors (Lipinski definition) is 2. The van der Waals surface area contributed by atoms with E-state index in [0.29, 0.717) is 12.2 Å². The molecule has 1 saturated heterocycles. The lowest BCUT2D eigenvalue weighted by molar-refractivity contribution is -0.118. The van der Waals surface area contributed by atoms with E-state index in [2.05, 4.69) is 0 Å². The van der Waals surface area contributed by atoms with E-state index in [1.54, 1.807) is 4.90 Å². The van der Waals surface area contributed by atoms with Gasteiger partial charge in [0.15, 0.2) is 0 Å². The minimum Gasteiger partial charge on any atom is -0.293 e. The van der Waals surface area contributed by atoms with Crippen LogP contribution >= 0.6 is 0 Å². The fraction of sp³-hybridized carbons (Fsp3) is 0.0833. The van der Waals surface area contributed by atoms with Crippen LogP contribution < -0.4 is 9.80 Å². The molecule has 4 nitrogen and oxygen atoms in total. The molecule has 1 heterocycles. The highest BCUT2D eigenvalue weighted by atomic mass is 16.2. The van der Waals surface area contributed by atoms with Gasteiger partial charge in [-0.05, 0) is 22.9 Å². The SMILES string of the molecule is O=C1CCN(c2cccc3ccccc23)C(=O)N1c1cccc2ccccc12. The monoisotopic (exact) mass is 366 g/mol. The van der Waals surface area contributed by atoms with Gasteiger partial charge in [0.25, 0.3) is 0 Å². The van der Waals surface area contributed by atoms with Crippen molar-refractivity contribution in [2.24, 2.45) is 0 Å². The predicted molar refractivity (Wildman–Crippen MR) is 113 cm³/mol. The third kappa shape index (κ3) is 2.54. The van der Waals surface area contributed by atoms with Crippen molar-refractivity contribution in [1.82, 2.24) is 0 Å². The summed E-state index contributed by atoms with van der Waals surface area (Å²) in [5.74, 6) is -0.169. The lowest BCUT2D eigenvalue weighted by Gasteiger charge is -2.35.